The fourth-order valence-corrected chi connectivity index (χ4v) is 3.54. The maximum Gasteiger partial charge on any atom is 0.0250 e. The Morgan fingerprint density at radius 1 is 1.11 bits per heavy atom. The van der Waals surface area contributed by atoms with Gasteiger partial charge in [-0.3, -0.25) is 4.90 Å². The molecule has 2 nitrogen and oxygen atoms in total. The molecule has 1 aromatic carbocycles. The van der Waals surface area contributed by atoms with Gasteiger partial charge in [-0.15, -0.1) is 0 Å². The lowest BCUT2D eigenvalue weighted by Gasteiger charge is -2.44. The summed E-state index contributed by atoms with van der Waals surface area (Å²) in [6.45, 7) is 3.64. The molecule has 2 fully saturated rings. The van der Waals surface area contributed by atoms with Crippen molar-refractivity contribution >= 4 is 0 Å². The van der Waals surface area contributed by atoms with Crippen LogP contribution in [0.25, 0.3) is 0 Å². The van der Waals surface area contributed by atoms with Crippen LogP contribution >= 0.6 is 0 Å². The maximum atomic E-state index is 3.71. The Morgan fingerprint density at radius 3 is 2.83 bits per heavy atom. The molecule has 0 radical (unpaired) electrons. The molecule has 1 aliphatic heterocycles. The molecule has 1 heterocycles. The van der Waals surface area contributed by atoms with Crippen molar-refractivity contribution in [2.24, 2.45) is 0 Å². The Morgan fingerprint density at radius 2 is 1.94 bits per heavy atom. The van der Waals surface area contributed by atoms with E-state index in [-0.39, 0.29) is 0 Å². The summed E-state index contributed by atoms with van der Waals surface area (Å²) in [6.07, 6.45) is 6.81. The number of benzene rings is 1. The minimum absolute atomic E-state index is 0.767. The molecule has 2 unspecified atom stereocenters. The molecule has 1 saturated carbocycles. The highest BCUT2D eigenvalue weighted by molar-refractivity contribution is 5.15. The van der Waals surface area contributed by atoms with Gasteiger partial charge in [-0.2, -0.15) is 0 Å². The van der Waals surface area contributed by atoms with Crippen LogP contribution in [-0.2, 0) is 6.42 Å². The monoisotopic (exact) mass is 244 g/mol. The van der Waals surface area contributed by atoms with E-state index >= 15 is 0 Å². The van der Waals surface area contributed by atoms with Crippen molar-refractivity contribution in [3.05, 3.63) is 35.9 Å². The Bertz CT molecular complexity index is 361. The fraction of sp³-hybridized carbons (Fsp3) is 0.625. The Balaban J connectivity index is 1.58. The first kappa shape index (κ1) is 12.2. The van der Waals surface area contributed by atoms with E-state index in [0.29, 0.717) is 0 Å². The van der Waals surface area contributed by atoms with Gasteiger partial charge in [-0.1, -0.05) is 43.2 Å². The first-order valence-corrected chi connectivity index (χ1v) is 7.45. The minimum Gasteiger partial charge on any atom is -0.311 e. The number of nitrogens with one attached hydrogen (secondary N) is 1. The predicted octanol–water partition coefficient (Wildman–Crippen LogP) is 2.45. The Labute approximate surface area is 110 Å². The second-order valence-corrected chi connectivity index (χ2v) is 5.68. The molecule has 0 spiro atoms. The van der Waals surface area contributed by atoms with Crippen LogP contribution in [0.5, 0.6) is 0 Å². The summed E-state index contributed by atoms with van der Waals surface area (Å²) in [5, 5.41) is 3.71. The number of rotatable bonds is 3. The van der Waals surface area contributed by atoms with E-state index in [9.17, 15) is 0 Å². The summed E-state index contributed by atoms with van der Waals surface area (Å²) >= 11 is 0. The molecule has 1 saturated heterocycles. The molecule has 1 aromatic rings. The first-order chi connectivity index (χ1) is 8.93. The molecule has 0 bridgehead atoms. The molecule has 0 amide bonds. The first-order valence-electron chi connectivity index (χ1n) is 7.45. The number of hydrogen-bond acceptors (Lipinski definition) is 2. The molecule has 2 atom stereocenters. The Hall–Kier alpha value is -0.860. The van der Waals surface area contributed by atoms with Crippen molar-refractivity contribution in [1.29, 1.82) is 0 Å². The fourth-order valence-electron chi connectivity index (χ4n) is 3.54. The van der Waals surface area contributed by atoms with E-state index in [4.69, 9.17) is 0 Å². The van der Waals surface area contributed by atoms with Gasteiger partial charge in [-0.05, 0) is 24.8 Å². The number of hydrogen-bond donors (Lipinski definition) is 1. The third kappa shape index (κ3) is 2.76. The van der Waals surface area contributed by atoms with E-state index < -0.39 is 0 Å². The molecule has 3 rings (SSSR count). The van der Waals surface area contributed by atoms with Gasteiger partial charge in [-0.25, -0.2) is 0 Å². The average molecular weight is 244 g/mol. The van der Waals surface area contributed by atoms with Crippen LogP contribution in [0, 0.1) is 0 Å². The summed E-state index contributed by atoms with van der Waals surface area (Å²) in [6, 6.07) is 12.5. The molecule has 18 heavy (non-hydrogen) atoms. The molecular formula is C16H24N2. The highest BCUT2D eigenvalue weighted by Gasteiger charge is 2.32. The van der Waals surface area contributed by atoms with Crippen LogP contribution in [0.1, 0.15) is 31.2 Å². The predicted molar refractivity (Wildman–Crippen MR) is 75.8 cm³/mol. The van der Waals surface area contributed by atoms with Gasteiger partial charge in [0.25, 0.3) is 0 Å². The summed E-state index contributed by atoms with van der Waals surface area (Å²) in [7, 11) is 0. The van der Waals surface area contributed by atoms with E-state index in [2.05, 4.69) is 40.5 Å². The Kier molecular flexibility index (Phi) is 3.96. The van der Waals surface area contributed by atoms with Gasteiger partial charge in [0.15, 0.2) is 0 Å². The van der Waals surface area contributed by atoms with Crippen LogP contribution in [0.4, 0.5) is 0 Å². The van der Waals surface area contributed by atoms with Crippen molar-refractivity contribution in [3.8, 4) is 0 Å². The third-order valence-electron chi connectivity index (χ3n) is 4.53. The lowest BCUT2D eigenvalue weighted by molar-refractivity contribution is 0.0893. The second kappa shape index (κ2) is 5.85. The zero-order valence-electron chi connectivity index (χ0n) is 11.1. The van der Waals surface area contributed by atoms with Gasteiger partial charge in [0, 0.05) is 31.7 Å². The largest absolute Gasteiger partial charge is 0.311 e. The van der Waals surface area contributed by atoms with Crippen LogP contribution in [0.3, 0.4) is 0 Å². The van der Waals surface area contributed by atoms with Crippen LogP contribution in [0.2, 0.25) is 0 Å². The topological polar surface area (TPSA) is 15.3 Å². The van der Waals surface area contributed by atoms with Crippen LogP contribution in [0.15, 0.2) is 30.3 Å². The van der Waals surface area contributed by atoms with Gasteiger partial charge >= 0.3 is 0 Å². The standard InChI is InChI=1S/C16H24N2/c1-2-6-14(7-3-1)10-12-18-13-11-17-15-8-4-5-9-16(15)18/h1-3,6-7,15-17H,4-5,8-13H2. The average Bonchev–Trinajstić information content (AvgIpc) is 2.46. The van der Waals surface area contributed by atoms with E-state index in [1.165, 1.54) is 57.3 Å². The maximum absolute atomic E-state index is 3.71. The summed E-state index contributed by atoms with van der Waals surface area (Å²) in [5.74, 6) is 0. The molecule has 0 aromatic heterocycles. The van der Waals surface area contributed by atoms with Crippen molar-refractivity contribution in [2.75, 3.05) is 19.6 Å². The number of piperazine rings is 1. The lowest BCUT2D eigenvalue weighted by atomic mass is 9.87. The number of fused-ring (bicyclic) bond motifs is 1. The van der Waals surface area contributed by atoms with Gasteiger partial charge in [0.05, 0.1) is 0 Å². The van der Waals surface area contributed by atoms with Gasteiger partial charge < -0.3 is 5.32 Å². The molecular weight excluding hydrogens is 220 g/mol. The van der Waals surface area contributed by atoms with Gasteiger partial charge in [0.2, 0.25) is 0 Å². The second-order valence-electron chi connectivity index (χ2n) is 5.68. The summed E-state index contributed by atoms with van der Waals surface area (Å²) in [5.41, 5.74) is 1.48. The highest BCUT2D eigenvalue weighted by atomic mass is 15.2. The zero-order chi connectivity index (χ0) is 12.2. The zero-order valence-corrected chi connectivity index (χ0v) is 11.1. The number of nitrogens with zero attached hydrogens (tertiary/aromatic N) is 1. The van der Waals surface area contributed by atoms with E-state index in [0.717, 1.165) is 12.1 Å². The highest BCUT2D eigenvalue weighted by Crippen LogP contribution is 2.25. The van der Waals surface area contributed by atoms with Gasteiger partial charge in [0.1, 0.15) is 0 Å². The van der Waals surface area contributed by atoms with E-state index in [1.54, 1.807) is 0 Å². The molecule has 2 heteroatoms. The normalized spacial score (nSPS) is 28.9. The molecule has 98 valence electrons. The van der Waals surface area contributed by atoms with E-state index in [1.807, 2.05) is 0 Å². The summed E-state index contributed by atoms with van der Waals surface area (Å²) < 4.78 is 0. The van der Waals surface area contributed by atoms with Crippen molar-refractivity contribution in [1.82, 2.24) is 10.2 Å². The van der Waals surface area contributed by atoms with Crippen molar-refractivity contribution in [2.45, 2.75) is 44.2 Å². The third-order valence-corrected chi connectivity index (χ3v) is 4.53. The lowest BCUT2D eigenvalue weighted by Crippen LogP contribution is -2.59. The minimum atomic E-state index is 0.767. The van der Waals surface area contributed by atoms with Crippen LogP contribution in [-0.4, -0.2) is 36.6 Å². The smallest absolute Gasteiger partial charge is 0.0250 e. The summed E-state index contributed by atoms with van der Waals surface area (Å²) in [4.78, 5) is 2.73. The van der Waals surface area contributed by atoms with Crippen molar-refractivity contribution < 1.29 is 0 Å². The molecule has 1 N–H and O–H groups in total. The SMILES string of the molecule is c1ccc(CCN2CCNC3CCCCC32)cc1. The molecule has 1 aliphatic carbocycles. The molecule has 2 aliphatic rings. The van der Waals surface area contributed by atoms with Crippen LogP contribution < -0.4 is 5.32 Å². The van der Waals surface area contributed by atoms with Crippen molar-refractivity contribution in [3.63, 3.8) is 0 Å². The quantitative estimate of drug-likeness (QED) is 0.878.